The van der Waals surface area contributed by atoms with Crippen LogP contribution in [0.2, 0.25) is 0 Å². The van der Waals surface area contributed by atoms with Gasteiger partial charge in [-0.25, -0.2) is 0 Å². The number of hydrogen-bond donors (Lipinski definition) is 0. The lowest BCUT2D eigenvalue weighted by molar-refractivity contribution is 0.414. The highest BCUT2D eigenvalue weighted by Crippen LogP contribution is 2.30. The summed E-state index contributed by atoms with van der Waals surface area (Å²) in [6.45, 7) is 6.54. The summed E-state index contributed by atoms with van der Waals surface area (Å²) in [6, 6.07) is 12.8. The molecule has 0 radical (unpaired) electrons. The number of methoxy groups -OCH3 is 1. The molecule has 0 saturated heterocycles. The Morgan fingerprint density at radius 3 is 2.39 bits per heavy atom. The van der Waals surface area contributed by atoms with Gasteiger partial charge in [-0.2, -0.15) is 0 Å². The van der Waals surface area contributed by atoms with Gasteiger partial charge in [0.05, 0.1) is 7.11 Å². The van der Waals surface area contributed by atoms with Crippen molar-refractivity contribution in [3.63, 3.8) is 0 Å². The molecule has 0 aliphatic heterocycles. The van der Waals surface area contributed by atoms with Crippen LogP contribution >= 0.6 is 0 Å². The lowest BCUT2D eigenvalue weighted by Crippen LogP contribution is -1.93. The summed E-state index contributed by atoms with van der Waals surface area (Å²) >= 11 is 0. The summed E-state index contributed by atoms with van der Waals surface area (Å²) in [4.78, 5) is 0. The largest absolute Gasteiger partial charge is 0.497 e. The molecule has 0 bridgehead atoms. The summed E-state index contributed by atoms with van der Waals surface area (Å²) in [6.07, 6.45) is 1.08. The summed E-state index contributed by atoms with van der Waals surface area (Å²) in [5, 5.41) is 0. The average Bonchev–Trinajstić information content (AvgIpc) is 2.39. The van der Waals surface area contributed by atoms with Gasteiger partial charge in [-0.1, -0.05) is 31.2 Å². The molecule has 0 spiro atoms. The maximum Gasteiger partial charge on any atom is 0.119 e. The minimum absolute atomic E-state index is 0.917. The van der Waals surface area contributed by atoms with Gasteiger partial charge in [-0.15, -0.1) is 0 Å². The van der Waals surface area contributed by atoms with Gasteiger partial charge in [-0.05, 0) is 60.2 Å². The first-order chi connectivity index (χ1) is 8.67. The van der Waals surface area contributed by atoms with E-state index in [-0.39, 0.29) is 0 Å². The van der Waals surface area contributed by atoms with Crippen LogP contribution in [0.25, 0.3) is 11.1 Å². The SMILES string of the molecule is CCc1cccc(-c2ccc(OC)cc2C)c1C. The van der Waals surface area contributed by atoms with Gasteiger partial charge >= 0.3 is 0 Å². The fourth-order valence-corrected chi connectivity index (χ4v) is 2.42. The molecule has 0 aliphatic carbocycles. The van der Waals surface area contributed by atoms with E-state index in [1.54, 1.807) is 7.11 Å². The zero-order valence-electron chi connectivity index (χ0n) is 11.6. The van der Waals surface area contributed by atoms with Crippen molar-refractivity contribution in [1.29, 1.82) is 0 Å². The van der Waals surface area contributed by atoms with Crippen molar-refractivity contribution in [3.8, 4) is 16.9 Å². The van der Waals surface area contributed by atoms with Crippen molar-refractivity contribution in [2.45, 2.75) is 27.2 Å². The van der Waals surface area contributed by atoms with Crippen LogP contribution in [0, 0.1) is 13.8 Å². The van der Waals surface area contributed by atoms with Crippen molar-refractivity contribution >= 4 is 0 Å². The summed E-state index contributed by atoms with van der Waals surface area (Å²) in [5.74, 6) is 0.917. The third-order valence-electron chi connectivity index (χ3n) is 3.55. The Morgan fingerprint density at radius 2 is 1.78 bits per heavy atom. The third-order valence-corrected chi connectivity index (χ3v) is 3.55. The maximum atomic E-state index is 5.26. The fourth-order valence-electron chi connectivity index (χ4n) is 2.42. The first kappa shape index (κ1) is 12.7. The van der Waals surface area contributed by atoms with Crippen molar-refractivity contribution in [2.24, 2.45) is 0 Å². The summed E-state index contributed by atoms with van der Waals surface area (Å²) in [7, 11) is 1.71. The molecule has 2 aromatic carbocycles. The van der Waals surface area contributed by atoms with E-state index in [0.29, 0.717) is 0 Å². The molecule has 0 N–H and O–H groups in total. The van der Waals surface area contributed by atoms with Crippen LogP contribution in [0.4, 0.5) is 0 Å². The second-order valence-electron chi connectivity index (χ2n) is 4.62. The van der Waals surface area contributed by atoms with Gasteiger partial charge in [0.15, 0.2) is 0 Å². The molecule has 0 fully saturated rings. The molecule has 94 valence electrons. The van der Waals surface area contributed by atoms with E-state index in [1.165, 1.54) is 27.8 Å². The molecule has 0 atom stereocenters. The van der Waals surface area contributed by atoms with Crippen LogP contribution in [0.5, 0.6) is 5.75 Å². The highest BCUT2D eigenvalue weighted by atomic mass is 16.5. The Balaban J connectivity index is 2.55. The fraction of sp³-hybridized carbons (Fsp3) is 0.294. The smallest absolute Gasteiger partial charge is 0.119 e. The van der Waals surface area contributed by atoms with Crippen LogP contribution < -0.4 is 4.74 Å². The van der Waals surface area contributed by atoms with Crippen LogP contribution in [0.15, 0.2) is 36.4 Å². The molecule has 0 saturated carbocycles. The van der Waals surface area contributed by atoms with Crippen molar-refractivity contribution in [2.75, 3.05) is 7.11 Å². The topological polar surface area (TPSA) is 9.23 Å². The van der Waals surface area contributed by atoms with E-state index < -0.39 is 0 Å². The summed E-state index contributed by atoms with van der Waals surface area (Å²) < 4.78 is 5.26. The Kier molecular flexibility index (Phi) is 3.71. The molecule has 0 heterocycles. The molecule has 18 heavy (non-hydrogen) atoms. The second kappa shape index (κ2) is 5.26. The molecule has 0 amide bonds. The zero-order chi connectivity index (χ0) is 13.1. The van der Waals surface area contributed by atoms with E-state index >= 15 is 0 Å². The highest BCUT2D eigenvalue weighted by Gasteiger charge is 2.08. The van der Waals surface area contributed by atoms with Crippen LogP contribution in [0.1, 0.15) is 23.6 Å². The molecule has 0 aromatic heterocycles. The molecule has 0 aliphatic rings. The van der Waals surface area contributed by atoms with Crippen molar-refractivity contribution < 1.29 is 4.74 Å². The quantitative estimate of drug-likeness (QED) is 0.765. The van der Waals surface area contributed by atoms with E-state index in [2.05, 4.69) is 51.1 Å². The number of ether oxygens (including phenoxy) is 1. The molecule has 1 heteroatoms. The van der Waals surface area contributed by atoms with Gasteiger partial charge in [0.1, 0.15) is 5.75 Å². The Morgan fingerprint density at radius 1 is 1.00 bits per heavy atom. The number of hydrogen-bond acceptors (Lipinski definition) is 1. The minimum atomic E-state index is 0.917. The van der Waals surface area contributed by atoms with E-state index in [1.807, 2.05) is 6.07 Å². The first-order valence-electron chi connectivity index (χ1n) is 6.41. The van der Waals surface area contributed by atoms with E-state index in [0.717, 1.165) is 12.2 Å². The molecular weight excluding hydrogens is 220 g/mol. The van der Waals surface area contributed by atoms with Gasteiger partial charge in [0, 0.05) is 0 Å². The Labute approximate surface area is 109 Å². The minimum Gasteiger partial charge on any atom is -0.497 e. The normalized spacial score (nSPS) is 10.4. The predicted molar refractivity (Wildman–Crippen MR) is 77.3 cm³/mol. The van der Waals surface area contributed by atoms with Gasteiger partial charge in [0.25, 0.3) is 0 Å². The first-order valence-corrected chi connectivity index (χ1v) is 6.41. The van der Waals surface area contributed by atoms with Gasteiger partial charge < -0.3 is 4.74 Å². The Hall–Kier alpha value is -1.76. The second-order valence-corrected chi connectivity index (χ2v) is 4.62. The number of aryl methyl sites for hydroxylation is 2. The number of benzene rings is 2. The Bertz CT molecular complexity index is 556. The van der Waals surface area contributed by atoms with Crippen molar-refractivity contribution in [3.05, 3.63) is 53.1 Å². The highest BCUT2D eigenvalue weighted by molar-refractivity contribution is 5.72. The van der Waals surface area contributed by atoms with E-state index in [4.69, 9.17) is 4.74 Å². The van der Waals surface area contributed by atoms with Crippen LogP contribution in [-0.4, -0.2) is 7.11 Å². The summed E-state index contributed by atoms with van der Waals surface area (Å²) in [5.41, 5.74) is 6.68. The molecular formula is C17H20O. The lowest BCUT2D eigenvalue weighted by atomic mass is 9.93. The van der Waals surface area contributed by atoms with E-state index in [9.17, 15) is 0 Å². The molecule has 2 aromatic rings. The standard InChI is InChI=1S/C17H20O/c1-5-14-7-6-8-17(13(14)3)16-10-9-15(18-4)11-12(16)2/h6-11H,5H2,1-4H3. The van der Waals surface area contributed by atoms with Crippen molar-refractivity contribution in [1.82, 2.24) is 0 Å². The predicted octanol–water partition coefficient (Wildman–Crippen LogP) is 4.54. The van der Waals surface area contributed by atoms with Gasteiger partial charge in [0.2, 0.25) is 0 Å². The van der Waals surface area contributed by atoms with Gasteiger partial charge in [-0.3, -0.25) is 0 Å². The number of rotatable bonds is 3. The molecule has 0 unspecified atom stereocenters. The average molecular weight is 240 g/mol. The third kappa shape index (κ3) is 2.26. The van der Waals surface area contributed by atoms with Crippen LogP contribution in [0.3, 0.4) is 0 Å². The monoisotopic (exact) mass is 240 g/mol. The lowest BCUT2D eigenvalue weighted by Gasteiger charge is -2.13. The zero-order valence-corrected chi connectivity index (χ0v) is 11.6. The molecule has 1 nitrogen and oxygen atoms in total. The maximum absolute atomic E-state index is 5.26. The van der Waals surface area contributed by atoms with Crippen LogP contribution in [-0.2, 0) is 6.42 Å². The molecule has 2 rings (SSSR count).